The molecule has 0 aliphatic carbocycles. The van der Waals surface area contributed by atoms with Gasteiger partial charge in [0.25, 0.3) is 11.8 Å². The number of likely N-dealkylation sites (tertiary alicyclic amines) is 2. The highest BCUT2D eigenvalue weighted by Crippen LogP contribution is 2.27. The van der Waals surface area contributed by atoms with Gasteiger partial charge in [0.2, 0.25) is 0 Å². The average Bonchev–Trinajstić information content (AvgIpc) is 3.26. The molecule has 4 heterocycles. The molecule has 1 aromatic heterocycles. The summed E-state index contributed by atoms with van der Waals surface area (Å²) in [6.45, 7) is 5.50. The van der Waals surface area contributed by atoms with Crippen LogP contribution in [0.25, 0.3) is 17.0 Å². The fraction of sp³-hybridized carbons (Fsp3) is 0.536. The summed E-state index contributed by atoms with van der Waals surface area (Å²) in [5.74, 6) is -1.23. The minimum atomic E-state index is -0.641. The van der Waals surface area contributed by atoms with E-state index in [0.717, 1.165) is 46.6 Å². The van der Waals surface area contributed by atoms with E-state index >= 15 is 0 Å². The van der Waals surface area contributed by atoms with Gasteiger partial charge >= 0.3 is 6.03 Å². The molecule has 1 unspecified atom stereocenters. The van der Waals surface area contributed by atoms with E-state index in [1.807, 2.05) is 35.0 Å². The molecule has 9 nitrogen and oxygen atoms in total. The van der Waals surface area contributed by atoms with Gasteiger partial charge in [0.15, 0.2) is 0 Å². The predicted molar refractivity (Wildman–Crippen MR) is 142 cm³/mol. The number of benzene rings is 1. The first kappa shape index (κ1) is 25.6. The van der Waals surface area contributed by atoms with Crippen molar-refractivity contribution >= 4 is 34.8 Å². The van der Waals surface area contributed by atoms with E-state index < -0.39 is 23.9 Å². The number of barbiturate groups is 1. The smallest absolute Gasteiger partial charge is 0.333 e. The van der Waals surface area contributed by atoms with Gasteiger partial charge in [-0.1, -0.05) is 24.6 Å². The number of carbonyl (C=O) groups excluding carboxylic acids is 3. The zero-order chi connectivity index (χ0) is 26.1. The van der Waals surface area contributed by atoms with Crippen LogP contribution >= 0.6 is 0 Å². The van der Waals surface area contributed by atoms with Crippen LogP contribution in [-0.4, -0.2) is 106 Å². The molecule has 4 amide bonds. The summed E-state index contributed by atoms with van der Waals surface area (Å²) in [6.07, 6.45) is 9.19. The normalized spacial score (nSPS) is 21.8. The minimum absolute atomic E-state index is 0.0513. The van der Waals surface area contributed by atoms with Crippen LogP contribution in [0.15, 0.2) is 36.0 Å². The van der Waals surface area contributed by atoms with Gasteiger partial charge in [0.05, 0.1) is 6.10 Å². The van der Waals surface area contributed by atoms with Crippen LogP contribution in [-0.2, 0) is 16.1 Å². The van der Waals surface area contributed by atoms with Crippen LogP contribution in [0, 0.1) is 0 Å². The van der Waals surface area contributed by atoms with Gasteiger partial charge in [-0.2, -0.15) is 0 Å². The minimum Gasteiger partial charge on any atom is -0.390 e. The zero-order valence-corrected chi connectivity index (χ0v) is 21.8. The lowest BCUT2D eigenvalue weighted by molar-refractivity contribution is -0.134. The molecule has 198 valence electrons. The van der Waals surface area contributed by atoms with Gasteiger partial charge in [-0.3, -0.25) is 19.4 Å². The average molecular weight is 508 g/mol. The second-order valence-corrected chi connectivity index (χ2v) is 10.6. The molecule has 5 rings (SSSR count). The van der Waals surface area contributed by atoms with Gasteiger partial charge in [0, 0.05) is 55.9 Å². The molecule has 1 aromatic carbocycles. The molecular weight excluding hydrogens is 470 g/mol. The van der Waals surface area contributed by atoms with E-state index in [2.05, 4.69) is 9.80 Å². The summed E-state index contributed by atoms with van der Waals surface area (Å²) in [6, 6.07) is 7.79. The molecule has 0 saturated carbocycles. The molecule has 2 aromatic rings. The largest absolute Gasteiger partial charge is 0.390 e. The van der Waals surface area contributed by atoms with E-state index in [1.165, 1.54) is 46.4 Å². The SMILES string of the molecule is CN1C(=O)C(=Cc2cn(CC(O)CN3CCC(N4CCCCC4)CC3)c3ccccc23)C(=O)N(C)C1=O. The van der Waals surface area contributed by atoms with Crippen LogP contribution in [0.4, 0.5) is 4.79 Å². The Morgan fingerprint density at radius 2 is 1.57 bits per heavy atom. The second-order valence-electron chi connectivity index (χ2n) is 10.6. The van der Waals surface area contributed by atoms with Crippen molar-refractivity contribution in [3.63, 3.8) is 0 Å². The van der Waals surface area contributed by atoms with Crippen LogP contribution in [0.3, 0.4) is 0 Å². The van der Waals surface area contributed by atoms with E-state index in [-0.39, 0.29) is 5.57 Å². The maximum Gasteiger partial charge on any atom is 0.333 e. The van der Waals surface area contributed by atoms with Crippen molar-refractivity contribution in [2.24, 2.45) is 0 Å². The molecule has 3 aliphatic rings. The fourth-order valence-electron chi connectivity index (χ4n) is 6.01. The first-order valence-electron chi connectivity index (χ1n) is 13.4. The molecule has 9 heteroatoms. The number of urea groups is 1. The number of aliphatic hydroxyl groups excluding tert-OH is 1. The number of aromatic nitrogens is 1. The molecule has 1 N–H and O–H groups in total. The number of rotatable bonds is 6. The Bertz CT molecular complexity index is 1180. The lowest BCUT2D eigenvalue weighted by Crippen LogP contribution is -2.52. The molecule has 0 radical (unpaired) electrons. The molecule has 0 bridgehead atoms. The highest BCUT2D eigenvalue weighted by atomic mass is 16.3. The Balaban J connectivity index is 1.28. The lowest BCUT2D eigenvalue weighted by atomic mass is 9.99. The van der Waals surface area contributed by atoms with Gasteiger partial charge in [0.1, 0.15) is 5.57 Å². The summed E-state index contributed by atoms with van der Waals surface area (Å²) >= 11 is 0. The number of hydrogen-bond acceptors (Lipinski definition) is 6. The number of hydrogen-bond donors (Lipinski definition) is 1. The number of carbonyl (C=O) groups is 3. The number of para-hydroxylation sites is 1. The van der Waals surface area contributed by atoms with E-state index in [4.69, 9.17) is 0 Å². The number of fused-ring (bicyclic) bond motifs is 1. The molecule has 3 aliphatic heterocycles. The Morgan fingerprint density at radius 3 is 2.24 bits per heavy atom. The summed E-state index contributed by atoms with van der Waals surface area (Å²) in [7, 11) is 2.74. The number of amides is 4. The highest BCUT2D eigenvalue weighted by Gasteiger charge is 2.38. The van der Waals surface area contributed by atoms with Crippen molar-refractivity contribution in [3.8, 4) is 0 Å². The summed E-state index contributed by atoms with van der Waals surface area (Å²) in [5, 5.41) is 11.9. The monoisotopic (exact) mass is 507 g/mol. The third-order valence-electron chi connectivity index (χ3n) is 8.10. The number of likely N-dealkylation sites (N-methyl/N-ethyl adjacent to an activating group) is 2. The Labute approximate surface area is 217 Å². The summed E-state index contributed by atoms with van der Waals surface area (Å²) in [5.41, 5.74) is 1.58. The third-order valence-corrected chi connectivity index (χ3v) is 8.10. The van der Waals surface area contributed by atoms with E-state index in [1.54, 1.807) is 6.08 Å². The topological polar surface area (TPSA) is 89.3 Å². The van der Waals surface area contributed by atoms with Crippen molar-refractivity contribution in [2.75, 3.05) is 46.8 Å². The van der Waals surface area contributed by atoms with Gasteiger partial charge in [-0.25, -0.2) is 4.79 Å². The number of nitrogens with zero attached hydrogens (tertiary/aromatic N) is 5. The molecule has 0 spiro atoms. The van der Waals surface area contributed by atoms with Crippen molar-refractivity contribution in [3.05, 3.63) is 41.6 Å². The van der Waals surface area contributed by atoms with Crippen molar-refractivity contribution in [1.29, 1.82) is 0 Å². The van der Waals surface area contributed by atoms with Crippen molar-refractivity contribution < 1.29 is 19.5 Å². The van der Waals surface area contributed by atoms with Crippen LogP contribution in [0.2, 0.25) is 0 Å². The van der Waals surface area contributed by atoms with Gasteiger partial charge < -0.3 is 19.5 Å². The van der Waals surface area contributed by atoms with E-state index in [9.17, 15) is 19.5 Å². The van der Waals surface area contributed by atoms with E-state index in [0.29, 0.717) is 24.7 Å². The molecular formula is C28H37N5O4. The van der Waals surface area contributed by atoms with Crippen molar-refractivity contribution in [1.82, 2.24) is 24.2 Å². The predicted octanol–water partition coefficient (Wildman–Crippen LogP) is 2.39. The molecule has 3 saturated heterocycles. The Kier molecular flexibility index (Phi) is 7.46. The lowest BCUT2D eigenvalue weighted by Gasteiger charge is -2.40. The Morgan fingerprint density at radius 1 is 0.919 bits per heavy atom. The third kappa shape index (κ3) is 5.21. The fourth-order valence-corrected chi connectivity index (χ4v) is 6.01. The molecule has 37 heavy (non-hydrogen) atoms. The second kappa shape index (κ2) is 10.8. The molecule has 1 atom stereocenters. The number of imide groups is 2. The standard InChI is InChI=1S/C28H37N5O4/c1-29-26(35)24(27(36)30(2)28(29)37)16-20-17-33(25-9-5-4-8-23(20)25)19-22(34)18-31-14-10-21(11-15-31)32-12-6-3-7-13-32/h4-5,8-9,16-17,21-22,34H,3,6-7,10-15,18-19H2,1-2H3. The van der Waals surface area contributed by atoms with Gasteiger partial charge in [-0.05, 0) is 64.0 Å². The number of β-amino-alcohol motifs (C(OH)–C–C–N with tert-alkyl or cyclic N) is 1. The maximum absolute atomic E-state index is 12.7. The maximum atomic E-state index is 12.7. The summed E-state index contributed by atoms with van der Waals surface area (Å²) in [4.78, 5) is 44.4. The number of aliphatic hydroxyl groups is 1. The quantitative estimate of drug-likeness (QED) is 0.477. The Hall–Kier alpha value is -3.01. The van der Waals surface area contributed by atoms with Crippen LogP contribution in [0.1, 0.15) is 37.7 Å². The first-order chi connectivity index (χ1) is 17.8. The summed E-state index contributed by atoms with van der Waals surface area (Å²) < 4.78 is 1.99. The first-order valence-corrected chi connectivity index (χ1v) is 13.4. The molecule has 3 fully saturated rings. The van der Waals surface area contributed by atoms with Gasteiger partial charge in [-0.15, -0.1) is 0 Å². The highest BCUT2D eigenvalue weighted by molar-refractivity contribution is 6.31. The van der Waals surface area contributed by atoms with Crippen LogP contribution in [0.5, 0.6) is 0 Å². The zero-order valence-electron chi connectivity index (χ0n) is 21.8. The van der Waals surface area contributed by atoms with Crippen LogP contribution < -0.4 is 0 Å². The van der Waals surface area contributed by atoms with Crippen molar-refractivity contribution in [2.45, 2.75) is 50.8 Å². The number of piperidine rings is 2.